The number of rotatable bonds is 2. The van der Waals surface area contributed by atoms with E-state index in [1.807, 2.05) is 6.07 Å². The Morgan fingerprint density at radius 3 is 2.63 bits per heavy atom. The van der Waals surface area contributed by atoms with Crippen LogP contribution in [0.1, 0.15) is 18.7 Å². The number of hydrogen-bond donors (Lipinski definition) is 2. The van der Waals surface area contributed by atoms with Crippen LogP contribution in [0.2, 0.25) is 0 Å². The normalized spacial score (nSPS) is 15.0. The van der Waals surface area contributed by atoms with Crippen molar-refractivity contribution >= 4 is 71.1 Å². The Labute approximate surface area is 200 Å². The highest BCUT2D eigenvalue weighted by Crippen LogP contribution is 2.46. The molecule has 0 unspecified atom stereocenters. The molecular formula is C19H14Br3N4O3S+. The number of carbonyl (C=O) groups excluding carboxylic acids is 1. The molecule has 7 nitrogen and oxygen atoms in total. The van der Waals surface area contributed by atoms with Gasteiger partial charge in [-0.05, 0) is 61.0 Å². The first kappa shape index (κ1) is 21.5. The fraction of sp³-hybridized carbons (Fsp3) is 0.158. The highest BCUT2D eigenvalue weighted by molar-refractivity contribution is 9.11. The molecule has 1 aliphatic heterocycles. The van der Waals surface area contributed by atoms with Gasteiger partial charge in [-0.15, -0.1) is 0 Å². The number of benzene rings is 2. The van der Waals surface area contributed by atoms with Gasteiger partial charge < -0.3 is 5.11 Å². The minimum Gasteiger partial charge on any atom is -0.506 e. The number of carbonyl (C=O) groups is 1. The molecule has 0 radical (unpaired) electrons. The van der Waals surface area contributed by atoms with E-state index in [2.05, 4.69) is 57.9 Å². The van der Waals surface area contributed by atoms with Crippen LogP contribution in [0.3, 0.4) is 0 Å². The number of phenolic OH excluding ortho intramolecular Hbond substituents is 1. The lowest BCUT2D eigenvalue weighted by Gasteiger charge is -2.32. The summed E-state index contributed by atoms with van der Waals surface area (Å²) in [6.45, 7) is 1.46. The molecule has 2 aromatic carbocycles. The van der Waals surface area contributed by atoms with Crippen molar-refractivity contribution in [1.82, 2.24) is 10.1 Å². The third-order valence-electron chi connectivity index (χ3n) is 4.73. The Bertz CT molecular complexity index is 1260. The summed E-state index contributed by atoms with van der Waals surface area (Å²) in [6, 6.07) is 8.88. The molecule has 4 rings (SSSR count). The lowest BCUT2D eigenvalue weighted by atomic mass is 10.0. The van der Waals surface area contributed by atoms with Crippen LogP contribution in [0.4, 0.5) is 5.69 Å². The van der Waals surface area contributed by atoms with E-state index in [9.17, 15) is 14.7 Å². The second-order valence-corrected chi connectivity index (χ2v) is 9.75. The second kappa shape index (κ2) is 8.10. The van der Waals surface area contributed by atoms with Crippen molar-refractivity contribution in [2.75, 3.05) is 11.2 Å². The molecule has 3 aromatic rings. The van der Waals surface area contributed by atoms with Crippen LogP contribution in [0.15, 0.2) is 53.7 Å². The average molecular weight is 618 g/mol. The van der Waals surface area contributed by atoms with Crippen LogP contribution in [0, 0.1) is 0 Å². The van der Waals surface area contributed by atoms with Gasteiger partial charge in [-0.2, -0.15) is 0 Å². The third-order valence-corrected chi connectivity index (χ3v) is 7.36. The van der Waals surface area contributed by atoms with Crippen LogP contribution >= 0.6 is 59.6 Å². The minimum atomic E-state index is -0.816. The van der Waals surface area contributed by atoms with Gasteiger partial charge >= 0.3 is 11.3 Å². The van der Waals surface area contributed by atoms with Crippen molar-refractivity contribution in [2.24, 2.45) is 0 Å². The zero-order chi connectivity index (χ0) is 21.7. The Balaban J connectivity index is 2.17. The Morgan fingerprint density at radius 2 is 1.97 bits per heavy atom. The summed E-state index contributed by atoms with van der Waals surface area (Å²) in [5, 5.41) is 15.6. The highest BCUT2D eigenvalue weighted by Gasteiger charge is 2.47. The van der Waals surface area contributed by atoms with Crippen LogP contribution in [-0.4, -0.2) is 27.4 Å². The van der Waals surface area contributed by atoms with E-state index < -0.39 is 6.17 Å². The van der Waals surface area contributed by atoms with Crippen molar-refractivity contribution in [2.45, 2.75) is 18.2 Å². The molecule has 0 aliphatic carbocycles. The molecule has 0 bridgehead atoms. The number of amides is 1. The quantitative estimate of drug-likeness (QED) is 0.330. The SMILES string of the molecule is CSc1n[n+]2c(c(=O)[nH]1)-c1ccccc1N(C(C)=O)[C@H]2c1c(Br)cc(Br)c(O)c1Br. The number of aromatic amines is 1. The second-order valence-electron chi connectivity index (χ2n) is 6.45. The van der Waals surface area contributed by atoms with Gasteiger partial charge in [-0.1, -0.05) is 39.8 Å². The molecule has 0 spiro atoms. The zero-order valence-electron chi connectivity index (χ0n) is 15.6. The summed E-state index contributed by atoms with van der Waals surface area (Å²) in [5.74, 6) is -0.257. The van der Waals surface area contributed by atoms with Gasteiger partial charge in [0.25, 0.3) is 6.17 Å². The van der Waals surface area contributed by atoms with Gasteiger partial charge in [0.2, 0.25) is 11.1 Å². The number of para-hydroxylation sites is 1. The van der Waals surface area contributed by atoms with E-state index >= 15 is 0 Å². The van der Waals surface area contributed by atoms with E-state index in [0.717, 1.165) is 0 Å². The minimum absolute atomic E-state index is 0.0207. The number of thioether (sulfide) groups is 1. The average Bonchev–Trinajstić information content (AvgIpc) is 2.71. The summed E-state index contributed by atoms with van der Waals surface area (Å²) in [7, 11) is 0. The molecule has 0 saturated heterocycles. The number of nitrogens with zero attached hydrogens (tertiary/aromatic N) is 3. The predicted molar refractivity (Wildman–Crippen MR) is 125 cm³/mol. The molecule has 2 heterocycles. The topological polar surface area (TPSA) is 90.2 Å². The summed E-state index contributed by atoms with van der Waals surface area (Å²) >= 11 is 11.6. The number of anilines is 1. The lowest BCUT2D eigenvalue weighted by Crippen LogP contribution is -2.60. The van der Waals surface area contributed by atoms with Crippen LogP contribution in [0.25, 0.3) is 11.3 Å². The number of aromatic nitrogens is 3. The molecule has 30 heavy (non-hydrogen) atoms. The van der Waals surface area contributed by atoms with Crippen LogP contribution in [-0.2, 0) is 4.79 Å². The number of fused-ring (bicyclic) bond motifs is 3. The van der Waals surface area contributed by atoms with Crippen molar-refractivity contribution in [3.05, 3.63) is 59.7 Å². The Hall–Kier alpha value is -1.69. The zero-order valence-corrected chi connectivity index (χ0v) is 21.2. The van der Waals surface area contributed by atoms with E-state index in [1.165, 1.54) is 23.4 Å². The van der Waals surface area contributed by atoms with E-state index in [-0.39, 0.29) is 17.2 Å². The highest BCUT2D eigenvalue weighted by atomic mass is 79.9. The molecule has 0 saturated carbocycles. The molecule has 2 N–H and O–H groups in total. The third kappa shape index (κ3) is 3.31. The number of phenols is 1. The summed E-state index contributed by atoms with van der Waals surface area (Å²) in [4.78, 5) is 30.2. The molecule has 1 amide bonds. The first-order valence-corrected chi connectivity index (χ1v) is 12.2. The van der Waals surface area contributed by atoms with Gasteiger partial charge in [-0.25, -0.2) is 4.90 Å². The maximum Gasteiger partial charge on any atom is 0.325 e. The van der Waals surface area contributed by atoms with Gasteiger partial charge in [0, 0.05) is 16.5 Å². The summed E-state index contributed by atoms with van der Waals surface area (Å²) in [6.07, 6.45) is 0.986. The fourth-order valence-electron chi connectivity index (χ4n) is 3.50. The number of aromatic hydroxyl groups is 1. The smallest absolute Gasteiger partial charge is 0.325 e. The van der Waals surface area contributed by atoms with Gasteiger partial charge in [-0.3, -0.25) is 14.6 Å². The molecule has 154 valence electrons. The van der Waals surface area contributed by atoms with Gasteiger partial charge in [0.1, 0.15) is 5.75 Å². The van der Waals surface area contributed by atoms with Crippen molar-refractivity contribution < 1.29 is 14.6 Å². The number of hydrogen-bond acceptors (Lipinski definition) is 5. The first-order chi connectivity index (χ1) is 14.3. The van der Waals surface area contributed by atoms with E-state index in [1.54, 1.807) is 35.4 Å². The molecular weight excluding hydrogens is 604 g/mol. The molecule has 1 aliphatic rings. The van der Waals surface area contributed by atoms with Crippen molar-refractivity contribution in [1.29, 1.82) is 0 Å². The first-order valence-electron chi connectivity index (χ1n) is 8.62. The van der Waals surface area contributed by atoms with Crippen molar-refractivity contribution in [3.8, 4) is 17.0 Å². The number of halogens is 3. The predicted octanol–water partition coefficient (Wildman–Crippen LogP) is 4.35. The lowest BCUT2D eigenvalue weighted by molar-refractivity contribution is -0.763. The maximum absolute atomic E-state index is 13.0. The maximum atomic E-state index is 13.0. The Morgan fingerprint density at radius 1 is 1.27 bits per heavy atom. The summed E-state index contributed by atoms with van der Waals surface area (Å²) < 4.78 is 3.02. The number of nitrogens with one attached hydrogen (secondary N) is 1. The van der Waals surface area contributed by atoms with Crippen molar-refractivity contribution in [3.63, 3.8) is 0 Å². The number of H-pyrrole nitrogens is 1. The van der Waals surface area contributed by atoms with Crippen LogP contribution < -0.4 is 15.1 Å². The van der Waals surface area contributed by atoms with Gasteiger partial charge in [0.15, 0.2) is 0 Å². The summed E-state index contributed by atoms with van der Waals surface area (Å²) in [5.41, 5.74) is 1.74. The van der Waals surface area contributed by atoms with E-state index in [0.29, 0.717) is 41.1 Å². The van der Waals surface area contributed by atoms with Gasteiger partial charge in [0.05, 0.1) is 25.8 Å². The molecule has 11 heteroatoms. The standard InChI is InChI=1S/C19H13Br3N4O3S/c1-8(27)25-12-6-4-3-5-9(12)15-17(29)23-19(30-2)24-26(15)18(25)13-10(20)7-11(21)16(28)14(13)22/h3-7,18H,1-2H3,(H-,23,24,28,29)/p+1/t18-/m1/s1. The largest absolute Gasteiger partial charge is 0.506 e. The Kier molecular flexibility index (Phi) is 5.82. The fourth-order valence-corrected chi connectivity index (χ4v) is 6.39. The van der Waals surface area contributed by atoms with Crippen LogP contribution in [0.5, 0.6) is 5.75 Å². The van der Waals surface area contributed by atoms with E-state index in [4.69, 9.17) is 0 Å². The molecule has 1 atom stereocenters. The molecule has 1 aromatic heterocycles. The molecule has 0 fully saturated rings. The monoisotopic (exact) mass is 615 g/mol.